The van der Waals surface area contributed by atoms with Crippen LogP contribution in [0.5, 0.6) is 5.75 Å². The van der Waals surface area contributed by atoms with Gasteiger partial charge in [0.05, 0.1) is 18.0 Å². The van der Waals surface area contributed by atoms with Crippen molar-refractivity contribution >= 4 is 56.0 Å². The van der Waals surface area contributed by atoms with E-state index in [0.29, 0.717) is 17.9 Å². The van der Waals surface area contributed by atoms with Crippen LogP contribution >= 0.6 is 28.3 Å². The number of carbonyl (C=O) groups excluding carboxylic acids is 1. The number of piperazine rings is 1. The molecule has 0 saturated carbocycles. The molecule has 0 spiro atoms. The lowest BCUT2D eigenvalue weighted by atomic mass is 10.0. The SMILES string of the molecule is CN(C1CCN(c2ccncc2)CC1)N1CCN(S(=O)(=O)C2=Cc3ccc(Br)cc3OC2)CC1=O.Cl. The Morgan fingerprint density at radius 3 is 2.50 bits per heavy atom. The fourth-order valence-corrected chi connectivity index (χ4v) is 6.62. The van der Waals surface area contributed by atoms with E-state index in [0.717, 1.165) is 36.1 Å². The molecule has 2 aromatic rings. The summed E-state index contributed by atoms with van der Waals surface area (Å²) in [6, 6.07) is 9.72. The summed E-state index contributed by atoms with van der Waals surface area (Å²) in [5, 5.41) is 3.71. The molecule has 2 fully saturated rings. The van der Waals surface area contributed by atoms with E-state index in [-0.39, 0.29) is 49.0 Å². The predicted octanol–water partition coefficient (Wildman–Crippen LogP) is 2.99. The zero-order valence-electron chi connectivity index (χ0n) is 19.9. The zero-order chi connectivity index (χ0) is 24.6. The Hall–Kier alpha value is -2.18. The second-order valence-electron chi connectivity index (χ2n) is 8.93. The molecule has 0 unspecified atom stereocenters. The largest absolute Gasteiger partial charge is 0.487 e. The first-order chi connectivity index (χ1) is 16.8. The first-order valence-corrected chi connectivity index (χ1v) is 13.9. The summed E-state index contributed by atoms with van der Waals surface area (Å²) in [5.74, 6) is 0.427. The number of rotatable bonds is 5. The van der Waals surface area contributed by atoms with Crippen LogP contribution in [0.4, 0.5) is 5.69 Å². The van der Waals surface area contributed by atoms with Gasteiger partial charge in [-0.25, -0.2) is 13.4 Å². The van der Waals surface area contributed by atoms with E-state index in [9.17, 15) is 13.2 Å². The van der Waals surface area contributed by atoms with Crippen molar-refractivity contribution in [2.24, 2.45) is 0 Å². The number of amides is 1. The molecule has 1 amide bonds. The fourth-order valence-electron chi connectivity index (χ4n) is 4.86. The smallest absolute Gasteiger partial charge is 0.252 e. The second kappa shape index (κ2) is 11.1. The first kappa shape index (κ1) is 26.9. The average molecular weight is 599 g/mol. The third-order valence-corrected chi connectivity index (χ3v) is 9.28. The van der Waals surface area contributed by atoms with Gasteiger partial charge in [0, 0.05) is 60.8 Å². The van der Waals surface area contributed by atoms with Gasteiger partial charge in [0.2, 0.25) is 10.0 Å². The quantitative estimate of drug-likeness (QED) is 0.523. The first-order valence-electron chi connectivity index (χ1n) is 11.6. The van der Waals surface area contributed by atoms with Gasteiger partial charge >= 0.3 is 0 Å². The van der Waals surface area contributed by atoms with Crippen molar-refractivity contribution < 1.29 is 17.9 Å². The number of anilines is 1. The molecule has 0 aliphatic carbocycles. The van der Waals surface area contributed by atoms with E-state index in [1.807, 2.05) is 42.4 Å². The van der Waals surface area contributed by atoms with Crippen molar-refractivity contribution in [1.82, 2.24) is 19.3 Å². The van der Waals surface area contributed by atoms with Crippen molar-refractivity contribution in [2.45, 2.75) is 18.9 Å². The number of aromatic nitrogens is 1. The van der Waals surface area contributed by atoms with E-state index in [2.05, 4.69) is 25.8 Å². The molecule has 5 rings (SSSR count). The lowest BCUT2D eigenvalue weighted by Gasteiger charge is -2.45. The minimum absolute atomic E-state index is 0. The summed E-state index contributed by atoms with van der Waals surface area (Å²) < 4.78 is 34.4. The topological polar surface area (TPSA) is 86.3 Å². The van der Waals surface area contributed by atoms with Gasteiger partial charge in [-0.05, 0) is 43.2 Å². The third kappa shape index (κ3) is 5.40. The van der Waals surface area contributed by atoms with Crippen molar-refractivity contribution in [2.75, 3.05) is 51.3 Å². The number of sulfonamides is 1. The Kier molecular flexibility index (Phi) is 8.25. The van der Waals surface area contributed by atoms with Crippen LogP contribution in [0.1, 0.15) is 18.4 Å². The molecule has 3 aliphatic heterocycles. The maximum Gasteiger partial charge on any atom is 0.252 e. The van der Waals surface area contributed by atoms with Gasteiger partial charge in [0.1, 0.15) is 12.4 Å². The van der Waals surface area contributed by atoms with Crippen LogP contribution in [0, 0.1) is 0 Å². The lowest BCUT2D eigenvalue weighted by Crippen LogP contribution is -2.60. The van der Waals surface area contributed by atoms with E-state index < -0.39 is 10.0 Å². The molecule has 9 nitrogen and oxygen atoms in total. The van der Waals surface area contributed by atoms with Crippen molar-refractivity contribution in [3.05, 3.63) is 57.7 Å². The number of carbonyl (C=O) groups is 1. The number of hydrogen-bond donors (Lipinski definition) is 0. The Morgan fingerprint density at radius 2 is 1.81 bits per heavy atom. The molecule has 0 bridgehead atoms. The number of hydrazine groups is 1. The molecule has 2 saturated heterocycles. The van der Waals surface area contributed by atoms with Crippen molar-refractivity contribution in [3.63, 3.8) is 0 Å². The van der Waals surface area contributed by atoms with Crippen molar-refractivity contribution in [3.8, 4) is 5.75 Å². The van der Waals surface area contributed by atoms with E-state index >= 15 is 0 Å². The molecule has 1 aromatic carbocycles. The Morgan fingerprint density at radius 1 is 1.08 bits per heavy atom. The predicted molar refractivity (Wildman–Crippen MR) is 144 cm³/mol. The van der Waals surface area contributed by atoms with E-state index in [4.69, 9.17) is 4.74 Å². The number of hydrogen-bond acceptors (Lipinski definition) is 7. The van der Waals surface area contributed by atoms with Gasteiger partial charge in [-0.3, -0.25) is 14.8 Å². The molecule has 1 aromatic heterocycles. The Balaban J connectivity index is 0.00000304. The standard InChI is InChI=1S/C24H28BrN5O4S.ClH/c1-27(20-6-10-28(11-7-20)21-4-8-26-9-5-21)30-13-12-29(16-24(30)31)35(32,33)22-14-18-2-3-19(25)15-23(18)34-17-22;/h2-5,8-9,14-15,20H,6-7,10-13,16-17H2,1H3;1H. The molecule has 0 N–H and O–H groups in total. The van der Waals surface area contributed by atoms with Crippen LogP contribution in [0.25, 0.3) is 6.08 Å². The zero-order valence-corrected chi connectivity index (χ0v) is 23.1. The summed E-state index contributed by atoms with van der Waals surface area (Å²) in [5.41, 5.74) is 1.87. The molecule has 194 valence electrons. The maximum absolute atomic E-state index is 13.3. The normalized spacial score (nSPS) is 19.4. The van der Waals surface area contributed by atoms with Crippen LogP contribution in [-0.2, 0) is 14.8 Å². The van der Waals surface area contributed by atoms with Crippen LogP contribution in [0.15, 0.2) is 52.1 Å². The third-order valence-electron chi connectivity index (χ3n) is 6.90. The number of pyridine rings is 1. The van der Waals surface area contributed by atoms with Crippen LogP contribution < -0.4 is 9.64 Å². The fraction of sp³-hybridized carbons (Fsp3) is 0.417. The summed E-state index contributed by atoms with van der Waals surface area (Å²) in [6.07, 6.45) is 7.08. The number of fused-ring (bicyclic) bond motifs is 1. The van der Waals surface area contributed by atoms with Gasteiger partial charge < -0.3 is 9.64 Å². The molecule has 3 aliphatic rings. The number of benzene rings is 1. The summed E-state index contributed by atoms with van der Waals surface area (Å²) in [4.78, 5) is 19.6. The number of nitrogens with zero attached hydrogens (tertiary/aromatic N) is 5. The molecule has 0 radical (unpaired) electrons. The minimum atomic E-state index is -3.80. The maximum atomic E-state index is 13.3. The van der Waals surface area contributed by atoms with E-state index in [1.165, 1.54) is 4.31 Å². The van der Waals surface area contributed by atoms with Gasteiger partial charge in [0.25, 0.3) is 5.91 Å². The van der Waals surface area contributed by atoms with Crippen LogP contribution in [-0.4, -0.2) is 86.1 Å². The average Bonchev–Trinajstić information content (AvgIpc) is 2.88. The highest BCUT2D eigenvalue weighted by atomic mass is 79.9. The molecule has 0 atom stereocenters. The molecular formula is C24H29BrClN5O4S. The molecule has 4 heterocycles. The van der Waals surface area contributed by atoms with Crippen LogP contribution in [0.2, 0.25) is 0 Å². The highest BCUT2D eigenvalue weighted by molar-refractivity contribution is 9.10. The molecule has 36 heavy (non-hydrogen) atoms. The number of halogens is 2. The van der Waals surface area contributed by atoms with Gasteiger partial charge in [-0.15, -0.1) is 12.4 Å². The van der Waals surface area contributed by atoms with Gasteiger partial charge in [-0.1, -0.05) is 22.0 Å². The van der Waals surface area contributed by atoms with Crippen molar-refractivity contribution in [1.29, 1.82) is 0 Å². The second-order valence-corrected chi connectivity index (χ2v) is 11.8. The number of piperidine rings is 1. The monoisotopic (exact) mass is 597 g/mol. The summed E-state index contributed by atoms with van der Waals surface area (Å²) >= 11 is 3.40. The summed E-state index contributed by atoms with van der Waals surface area (Å²) in [6.45, 7) is 2.15. The molecular weight excluding hydrogens is 570 g/mol. The highest BCUT2D eigenvalue weighted by Crippen LogP contribution is 2.32. The van der Waals surface area contributed by atoms with Crippen LogP contribution in [0.3, 0.4) is 0 Å². The highest BCUT2D eigenvalue weighted by Gasteiger charge is 2.38. The Bertz CT molecular complexity index is 1240. The number of ether oxygens (including phenoxy) is 1. The minimum Gasteiger partial charge on any atom is -0.487 e. The molecule has 12 heteroatoms. The van der Waals surface area contributed by atoms with Gasteiger partial charge in [-0.2, -0.15) is 4.31 Å². The van der Waals surface area contributed by atoms with Gasteiger partial charge in [0.15, 0.2) is 0 Å². The van der Waals surface area contributed by atoms with E-state index in [1.54, 1.807) is 23.5 Å². The lowest BCUT2D eigenvalue weighted by molar-refractivity contribution is -0.156. The Labute approximate surface area is 226 Å². The summed E-state index contributed by atoms with van der Waals surface area (Å²) in [7, 11) is -1.87.